The number of halogens is 1. The van der Waals surface area contributed by atoms with Gasteiger partial charge < -0.3 is 14.8 Å². The van der Waals surface area contributed by atoms with Crippen LogP contribution in [0, 0.1) is 0 Å². The van der Waals surface area contributed by atoms with Crippen LogP contribution in [0.15, 0.2) is 53.4 Å². The number of amides is 1. The van der Waals surface area contributed by atoms with Gasteiger partial charge in [-0.2, -0.15) is 0 Å². The molecule has 1 N–H and O–H groups in total. The molecule has 2 rings (SSSR count). The van der Waals surface area contributed by atoms with Crippen molar-refractivity contribution in [3.8, 4) is 5.75 Å². The van der Waals surface area contributed by atoms with Gasteiger partial charge in [0, 0.05) is 31.4 Å². The van der Waals surface area contributed by atoms with Gasteiger partial charge in [0.25, 0.3) is 5.91 Å². The van der Waals surface area contributed by atoms with E-state index in [4.69, 9.17) is 21.1 Å². The van der Waals surface area contributed by atoms with Gasteiger partial charge in [-0.3, -0.25) is 4.79 Å². The molecule has 31 heavy (non-hydrogen) atoms. The monoisotopic (exact) mass is 466 g/mol. The van der Waals surface area contributed by atoms with E-state index < -0.39 is 28.5 Å². The van der Waals surface area contributed by atoms with Gasteiger partial charge in [0.2, 0.25) is 10.0 Å². The van der Waals surface area contributed by atoms with Crippen molar-refractivity contribution in [1.29, 1.82) is 0 Å². The summed E-state index contributed by atoms with van der Waals surface area (Å²) >= 11 is 5.98. The first-order valence-electron chi connectivity index (χ1n) is 9.23. The maximum Gasteiger partial charge on any atom is 0.331 e. The van der Waals surface area contributed by atoms with Gasteiger partial charge in [0.15, 0.2) is 6.61 Å². The Hall–Kier alpha value is -2.88. The van der Waals surface area contributed by atoms with Gasteiger partial charge >= 0.3 is 5.97 Å². The third-order valence-electron chi connectivity index (χ3n) is 3.94. The smallest absolute Gasteiger partial charge is 0.331 e. The van der Waals surface area contributed by atoms with Crippen molar-refractivity contribution in [3.05, 3.63) is 59.1 Å². The van der Waals surface area contributed by atoms with Crippen LogP contribution in [0.25, 0.3) is 6.08 Å². The molecule has 0 aliphatic heterocycles. The van der Waals surface area contributed by atoms with Crippen molar-refractivity contribution < 1.29 is 27.5 Å². The molecule has 166 valence electrons. The van der Waals surface area contributed by atoms with Gasteiger partial charge in [0.05, 0.1) is 11.6 Å². The molecule has 0 aliphatic rings. The van der Waals surface area contributed by atoms with E-state index >= 15 is 0 Å². The number of rotatable bonds is 9. The Bertz CT molecular complexity index is 1080. The molecule has 1 amide bonds. The van der Waals surface area contributed by atoms with Gasteiger partial charge in [-0.15, -0.1) is 0 Å². The first-order chi connectivity index (χ1) is 14.6. The predicted octanol–water partition coefficient (Wildman–Crippen LogP) is 3.18. The lowest BCUT2D eigenvalue weighted by Gasteiger charge is -2.14. The number of nitrogens with zero attached hydrogens (tertiary/aromatic N) is 1. The number of carbonyl (C=O) groups excluding carboxylic acids is 2. The van der Waals surface area contributed by atoms with Crippen LogP contribution in [-0.2, 0) is 24.3 Å². The van der Waals surface area contributed by atoms with Crippen molar-refractivity contribution in [2.45, 2.75) is 11.8 Å². The lowest BCUT2D eigenvalue weighted by Crippen LogP contribution is -2.23. The van der Waals surface area contributed by atoms with Crippen LogP contribution in [0.1, 0.15) is 12.5 Å². The van der Waals surface area contributed by atoms with Gasteiger partial charge in [-0.25, -0.2) is 17.5 Å². The number of benzene rings is 2. The molecule has 0 radical (unpaired) electrons. The predicted molar refractivity (Wildman–Crippen MR) is 119 cm³/mol. The first-order valence-corrected chi connectivity index (χ1v) is 11.1. The molecule has 0 saturated carbocycles. The Labute approximate surface area is 186 Å². The lowest BCUT2D eigenvalue weighted by molar-refractivity contribution is -0.142. The van der Waals surface area contributed by atoms with Crippen LogP contribution < -0.4 is 10.1 Å². The molecular formula is C21H23ClN2O6S. The summed E-state index contributed by atoms with van der Waals surface area (Å²) in [6.45, 7) is 1.79. The molecule has 0 bridgehead atoms. The summed E-state index contributed by atoms with van der Waals surface area (Å²) < 4.78 is 36.0. The van der Waals surface area contributed by atoms with E-state index in [1.165, 1.54) is 44.4 Å². The van der Waals surface area contributed by atoms with Crippen LogP contribution in [0.2, 0.25) is 5.02 Å². The molecule has 0 heterocycles. The third kappa shape index (κ3) is 6.81. The Kier molecular flexibility index (Phi) is 8.61. The fraction of sp³-hybridized carbons (Fsp3) is 0.238. The highest BCUT2D eigenvalue weighted by molar-refractivity contribution is 7.89. The molecule has 2 aromatic carbocycles. The fourth-order valence-corrected chi connectivity index (χ4v) is 3.81. The Morgan fingerprint density at radius 3 is 2.55 bits per heavy atom. The summed E-state index contributed by atoms with van der Waals surface area (Å²) in [5.74, 6) is -0.724. The number of para-hydroxylation sites is 1. The average Bonchev–Trinajstić information content (AvgIpc) is 2.73. The third-order valence-corrected chi connectivity index (χ3v) is 6.23. The number of carbonyl (C=O) groups is 2. The number of ether oxygens (including phenoxy) is 2. The van der Waals surface area contributed by atoms with Crippen LogP contribution in [0.3, 0.4) is 0 Å². The van der Waals surface area contributed by atoms with Crippen molar-refractivity contribution >= 4 is 45.3 Å². The lowest BCUT2D eigenvalue weighted by atomic mass is 10.2. The molecule has 0 fully saturated rings. The molecule has 0 atom stereocenters. The number of anilines is 1. The van der Waals surface area contributed by atoms with Crippen molar-refractivity contribution in [2.75, 3.05) is 32.6 Å². The summed E-state index contributed by atoms with van der Waals surface area (Å²) in [5, 5.41) is 2.50. The maximum atomic E-state index is 12.3. The van der Waals surface area contributed by atoms with E-state index in [-0.39, 0.29) is 15.6 Å². The quantitative estimate of drug-likeness (QED) is 0.450. The topological polar surface area (TPSA) is 102 Å². The maximum absolute atomic E-state index is 12.3. The minimum Gasteiger partial charge on any atom is -0.493 e. The zero-order valence-electron chi connectivity index (χ0n) is 17.3. The first kappa shape index (κ1) is 24.4. The Morgan fingerprint density at radius 2 is 1.87 bits per heavy atom. The Balaban J connectivity index is 1.98. The minimum atomic E-state index is -3.79. The Morgan fingerprint density at radius 1 is 1.16 bits per heavy atom. The standard InChI is InChI=1S/C21H23ClN2O6S/c1-4-29-18-8-6-5-7-15(18)9-12-21(26)30-14-20(25)23-16-10-11-17(22)19(13-16)31(27,28)24(2)3/h5-13H,4,14H2,1-3H3,(H,23,25)/b12-9+. The highest BCUT2D eigenvalue weighted by atomic mass is 35.5. The second kappa shape index (κ2) is 10.9. The molecular weight excluding hydrogens is 444 g/mol. The van der Waals surface area contributed by atoms with Crippen LogP contribution in [0.4, 0.5) is 5.69 Å². The van der Waals surface area contributed by atoms with E-state index in [9.17, 15) is 18.0 Å². The molecule has 0 spiro atoms. The molecule has 10 heteroatoms. The SMILES string of the molecule is CCOc1ccccc1/C=C/C(=O)OCC(=O)Nc1ccc(Cl)c(S(=O)(=O)N(C)C)c1. The number of esters is 1. The van der Waals surface area contributed by atoms with Gasteiger partial charge in [0.1, 0.15) is 10.6 Å². The number of sulfonamides is 1. The van der Waals surface area contributed by atoms with Crippen LogP contribution >= 0.6 is 11.6 Å². The molecule has 0 saturated heterocycles. The summed E-state index contributed by atoms with van der Waals surface area (Å²) in [7, 11) is -1.04. The second-order valence-electron chi connectivity index (χ2n) is 6.39. The van der Waals surface area contributed by atoms with Gasteiger partial charge in [-0.05, 0) is 37.3 Å². The van der Waals surface area contributed by atoms with E-state index in [1.807, 2.05) is 13.0 Å². The van der Waals surface area contributed by atoms with E-state index in [2.05, 4.69) is 5.32 Å². The van der Waals surface area contributed by atoms with Crippen molar-refractivity contribution in [3.63, 3.8) is 0 Å². The number of nitrogens with one attached hydrogen (secondary N) is 1. The van der Waals surface area contributed by atoms with Gasteiger partial charge in [-0.1, -0.05) is 29.8 Å². The summed E-state index contributed by atoms with van der Waals surface area (Å²) in [6.07, 6.45) is 2.72. The van der Waals surface area contributed by atoms with Crippen molar-refractivity contribution in [2.24, 2.45) is 0 Å². The molecule has 0 aliphatic carbocycles. The highest BCUT2D eigenvalue weighted by Gasteiger charge is 2.21. The highest BCUT2D eigenvalue weighted by Crippen LogP contribution is 2.26. The van der Waals surface area contributed by atoms with Crippen LogP contribution in [0.5, 0.6) is 5.75 Å². The summed E-state index contributed by atoms with van der Waals surface area (Å²) in [5.41, 5.74) is 0.897. The fourth-order valence-electron chi connectivity index (χ4n) is 2.42. The molecule has 8 nitrogen and oxygen atoms in total. The van der Waals surface area contributed by atoms with E-state index in [0.717, 1.165) is 4.31 Å². The molecule has 0 aromatic heterocycles. The number of hydrogen-bond acceptors (Lipinski definition) is 6. The van der Waals surface area contributed by atoms with Crippen LogP contribution in [-0.4, -0.2) is 51.9 Å². The zero-order valence-corrected chi connectivity index (χ0v) is 18.9. The van der Waals surface area contributed by atoms with E-state index in [1.54, 1.807) is 18.2 Å². The second-order valence-corrected chi connectivity index (χ2v) is 8.92. The van der Waals surface area contributed by atoms with E-state index in [0.29, 0.717) is 17.9 Å². The normalized spacial score (nSPS) is 11.5. The molecule has 2 aromatic rings. The summed E-state index contributed by atoms with van der Waals surface area (Å²) in [4.78, 5) is 23.9. The molecule has 0 unspecified atom stereocenters. The summed E-state index contributed by atoms with van der Waals surface area (Å²) in [6, 6.07) is 11.2. The van der Waals surface area contributed by atoms with Crippen molar-refractivity contribution in [1.82, 2.24) is 4.31 Å². The largest absolute Gasteiger partial charge is 0.493 e. The zero-order chi connectivity index (χ0) is 23.0. The minimum absolute atomic E-state index is 0.0237. The number of hydrogen-bond donors (Lipinski definition) is 1. The average molecular weight is 467 g/mol.